The highest BCUT2D eigenvalue weighted by Crippen LogP contribution is 2.26. The Labute approximate surface area is 227 Å². The summed E-state index contributed by atoms with van der Waals surface area (Å²) < 4.78 is 2.06. The largest absolute Gasteiger partial charge is 0.318 e. The Balaban J connectivity index is 1.20. The molecule has 5 nitrogen and oxygen atoms in total. The van der Waals surface area contributed by atoms with Gasteiger partial charge in [-0.2, -0.15) is 5.10 Å². The highest BCUT2D eigenvalue weighted by molar-refractivity contribution is 6.34. The zero-order chi connectivity index (χ0) is 25.9. The smallest absolute Gasteiger partial charge is 0.271 e. The fourth-order valence-corrected chi connectivity index (χ4v) is 5.43. The second-order valence-electron chi connectivity index (χ2n) is 9.41. The Morgan fingerprint density at radius 2 is 1.68 bits per heavy atom. The molecule has 0 unspecified atom stereocenters. The molecule has 1 aliphatic heterocycles. The van der Waals surface area contributed by atoms with Crippen LogP contribution in [0, 0.1) is 13.8 Å². The summed E-state index contributed by atoms with van der Waals surface area (Å²) in [5.74, 6) is -0.245. The van der Waals surface area contributed by atoms with E-state index in [4.69, 9.17) is 23.2 Å². The van der Waals surface area contributed by atoms with Crippen LogP contribution in [0.25, 0.3) is 5.69 Å². The van der Waals surface area contributed by atoms with Gasteiger partial charge in [0.25, 0.3) is 5.91 Å². The van der Waals surface area contributed by atoms with Crippen molar-refractivity contribution in [3.05, 3.63) is 122 Å². The first kappa shape index (κ1) is 25.3. The van der Waals surface area contributed by atoms with Crippen LogP contribution < -0.4 is 5.43 Å². The number of hydrazone groups is 1. The Bertz CT molecular complexity index is 1450. The van der Waals surface area contributed by atoms with Gasteiger partial charge >= 0.3 is 0 Å². The van der Waals surface area contributed by atoms with Gasteiger partial charge in [0.1, 0.15) is 0 Å². The maximum Gasteiger partial charge on any atom is 0.271 e. The molecule has 0 radical (unpaired) electrons. The van der Waals surface area contributed by atoms with Crippen LogP contribution in [0.5, 0.6) is 0 Å². The highest BCUT2D eigenvalue weighted by Gasteiger charge is 2.16. The summed E-state index contributed by atoms with van der Waals surface area (Å²) in [4.78, 5) is 15.1. The number of hydrogen-bond acceptors (Lipinski definition) is 3. The van der Waals surface area contributed by atoms with E-state index in [2.05, 4.69) is 44.3 Å². The van der Waals surface area contributed by atoms with E-state index in [9.17, 15) is 4.79 Å². The third kappa shape index (κ3) is 5.80. The van der Waals surface area contributed by atoms with Gasteiger partial charge in [0.05, 0.1) is 6.21 Å². The third-order valence-electron chi connectivity index (χ3n) is 6.78. The van der Waals surface area contributed by atoms with Crippen LogP contribution in [0.1, 0.15) is 44.0 Å². The molecule has 0 atom stereocenters. The van der Waals surface area contributed by atoms with E-state index >= 15 is 0 Å². The molecule has 1 aliphatic rings. The van der Waals surface area contributed by atoms with Crippen LogP contribution in [0.4, 0.5) is 0 Å². The number of aryl methyl sites for hydroxylation is 1. The van der Waals surface area contributed by atoms with E-state index in [1.165, 1.54) is 16.7 Å². The minimum Gasteiger partial charge on any atom is -0.318 e. The molecular formula is C30H28Cl2N4O. The minimum atomic E-state index is -0.245. The normalized spacial score (nSPS) is 13.6. The number of halogens is 2. The fraction of sp³-hybridized carbons (Fsp3) is 0.200. The zero-order valence-corrected chi connectivity index (χ0v) is 22.4. The number of nitrogens with one attached hydrogen (secondary N) is 1. The van der Waals surface area contributed by atoms with Gasteiger partial charge in [-0.1, -0.05) is 59.6 Å². The van der Waals surface area contributed by atoms with Crippen molar-refractivity contribution < 1.29 is 4.79 Å². The van der Waals surface area contributed by atoms with Gasteiger partial charge in [0.15, 0.2) is 0 Å². The lowest BCUT2D eigenvalue weighted by Gasteiger charge is -2.28. The van der Waals surface area contributed by atoms with E-state index < -0.39 is 0 Å². The van der Waals surface area contributed by atoms with Gasteiger partial charge in [-0.3, -0.25) is 9.69 Å². The van der Waals surface area contributed by atoms with E-state index in [1.807, 2.05) is 56.3 Å². The number of carbonyl (C=O) groups is 1. The zero-order valence-electron chi connectivity index (χ0n) is 20.8. The van der Waals surface area contributed by atoms with Crippen molar-refractivity contribution in [3.8, 4) is 5.69 Å². The van der Waals surface area contributed by atoms with E-state index in [1.54, 1.807) is 12.3 Å². The van der Waals surface area contributed by atoms with Crippen molar-refractivity contribution in [2.24, 2.45) is 5.10 Å². The van der Waals surface area contributed by atoms with Crippen LogP contribution in [-0.2, 0) is 19.5 Å². The first-order valence-corrected chi connectivity index (χ1v) is 13.0. The summed E-state index contributed by atoms with van der Waals surface area (Å²) in [6, 6.07) is 23.8. The topological polar surface area (TPSA) is 49.6 Å². The van der Waals surface area contributed by atoms with E-state index in [0.717, 1.165) is 48.7 Å². The molecule has 37 heavy (non-hydrogen) atoms. The second kappa shape index (κ2) is 10.9. The molecule has 0 saturated heterocycles. The van der Waals surface area contributed by atoms with Crippen molar-refractivity contribution in [1.29, 1.82) is 0 Å². The monoisotopic (exact) mass is 530 g/mol. The fourth-order valence-electron chi connectivity index (χ4n) is 4.92. The minimum absolute atomic E-state index is 0.245. The first-order valence-electron chi connectivity index (χ1n) is 12.2. The van der Waals surface area contributed by atoms with Gasteiger partial charge < -0.3 is 4.57 Å². The predicted octanol–water partition coefficient (Wildman–Crippen LogP) is 6.72. The Morgan fingerprint density at radius 1 is 0.973 bits per heavy atom. The summed E-state index contributed by atoms with van der Waals surface area (Å²) in [5, 5.41) is 5.35. The molecule has 0 spiro atoms. The number of nitrogens with zero attached hydrogens (tertiary/aromatic N) is 3. The van der Waals surface area contributed by atoms with Crippen molar-refractivity contribution >= 4 is 35.3 Å². The van der Waals surface area contributed by atoms with Gasteiger partial charge in [0.2, 0.25) is 0 Å². The number of carbonyl (C=O) groups excluding carboxylic acids is 1. The SMILES string of the molecule is Cc1cc(/C=N\NC(=O)c2ccc(CN3CCc4ccccc4C3)cc2)c(C)n1-c1cc(Cl)cc(Cl)c1. The molecule has 1 aromatic heterocycles. The molecular weight excluding hydrogens is 503 g/mol. The molecule has 2 heterocycles. The molecule has 5 rings (SSSR count). The molecule has 4 aromatic rings. The first-order chi connectivity index (χ1) is 17.9. The average Bonchev–Trinajstić information content (AvgIpc) is 3.16. The lowest BCUT2D eigenvalue weighted by Crippen LogP contribution is -2.30. The predicted molar refractivity (Wildman–Crippen MR) is 151 cm³/mol. The Morgan fingerprint density at radius 3 is 2.41 bits per heavy atom. The molecule has 0 bridgehead atoms. The molecule has 3 aromatic carbocycles. The number of aromatic nitrogens is 1. The highest BCUT2D eigenvalue weighted by atomic mass is 35.5. The van der Waals surface area contributed by atoms with Crippen LogP contribution >= 0.6 is 23.2 Å². The molecule has 0 saturated carbocycles. The van der Waals surface area contributed by atoms with Crippen LogP contribution in [-0.4, -0.2) is 28.1 Å². The number of hydrogen-bond donors (Lipinski definition) is 1. The summed E-state index contributed by atoms with van der Waals surface area (Å²) in [7, 11) is 0. The maximum atomic E-state index is 12.7. The molecule has 188 valence electrons. The maximum absolute atomic E-state index is 12.7. The number of amides is 1. The van der Waals surface area contributed by atoms with Crippen molar-refractivity contribution in [2.45, 2.75) is 33.4 Å². The second-order valence-corrected chi connectivity index (χ2v) is 10.3. The molecule has 1 amide bonds. The lowest BCUT2D eigenvalue weighted by atomic mass is 9.99. The Hall–Kier alpha value is -3.38. The van der Waals surface area contributed by atoms with Crippen molar-refractivity contribution in [2.75, 3.05) is 6.54 Å². The van der Waals surface area contributed by atoms with Crippen LogP contribution in [0.15, 0.2) is 77.9 Å². The molecule has 7 heteroatoms. The van der Waals surface area contributed by atoms with E-state index in [-0.39, 0.29) is 5.91 Å². The average molecular weight is 531 g/mol. The molecule has 1 N–H and O–H groups in total. The summed E-state index contributed by atoms with van der Waals surface area (Å²) in [6.45, 7) is 6.85. The lowest BCUT2D eigenvalue weighted by molar-refractivity contribution is 0.0955. The Kier molecular flexibility index (Phi) is 7.47. The summed E-state index contributed by atoms with van der Waals surface area (Å²) in [6.07, 6.45) is 2.73. The summed E-state index contributed by atoms with van der Waals surface area (Å²) >= 11 is 12.4. The number of rotatable bonds is 6. The van der Waals surface area contributed by atoms with Gasteiger partial charge in [-0.25, -0.2) is 5.43 Å². The summed E-state index contributed by atoms with van der Waals surface area (Å²) in [5.41, 5.74) is 11.0. The number of fused-ring (bicyclic) bond motifs is 1. The van der Waals surface area contributed by atoms with Crippen LogP contribution in [0.3, 0.4) is 0 Å². The van der Waals surface area contributed by atoms with Crippen molar-refractivity contribution in [1.82, 2.24) is 14.9 Å². The standard InChI is InChI=1S/C30H28Cl2N4O/c1-20-13-26(21(2)36(20)29-15-27(31)14-28(32)16-29)17-33-34-30(37)24-9-7-22(8-10-24)18-35-12-11-23-5-3-4-6-25(23)19-35/h3-10,13-17H,11-12,18-19H2,1-2H3,(H,34,37)/b33-17-. The van der Waals surface area contributed by atoms with Gasteiger partial charge in [-0.05, 0) is 73.4 Å². The third-order valence-corrected chi connectivity index (χ3v) is 7.21. The quantitative estimate of drug-likeness (QED) is 0.222. The van der Waals surface area contributed by atoms with Gasteiger partial charge in [0, 0.05) is 57.9 Å². The molecule has 0 aliphatic carbocycles. The molecule has 0 fully saturated rings. The van der Waals surface area contributed by atoms with Crippen molar-refractivity contribution in [3.63, 3.8) is 0 Å². The number of benzene rings is 3. The van der Waals surface area contributed by atoms with Crippen LogP contribution in [0.2, 0.25) is 10.0 Å². The van der Waals surface area contributed by atoms with E-state index in [0.29, 0.717) is 15.6 Å². The van der Waals surface area contributed by atoms with Gasteiger partial charge in [-0.15, -0.1) is 0 Å².